The fourth-order valence-electron chi connectivity index (χ4n) is 4.71. The first-order valence-corrected chi connectivity index (χ1v) is 12.8. The molecule has 2 heterocycles. The molecule has 0 aliphatic carbocycles. The molecule has 1 aromatic carbocycles. The number of likely N-dealkylation sites (tertiary alicyclic amines) is 2. The van der Waals surface area contributed by atoms with E-state index in [2.05, 4.69) is 12.2 Å². The maximum atomic E-state index is 14.7. The summed E-state index contributed by atoms with van der Waals surface area (Å²) in [5.74, 6) is -3.52. The van der Waals surface area contributed by atoms with Crippen molar-refractivity contribution < 1.29 is 27.5 Å². The van der Waals surface area contributed by atoms with E-state index >= 15 is 0 Å². The molecule has 0 radical (unpaired) electrons. The molecule has 11 heteroatoms. The molecule has 2 atom stereocenters. The zero-order valence-corrected chi connectivity index (χ0v) is 21.7. The van der Waals surface area contributed by atoms with Gasteiger partial charge in [0.1, 0.15) is 17.6 Å². The average molecular weight is 525 g/mol. The fraction of sp³-hybridized carbons (Fsp3) is 0.654. The van der Waals surface area contributed by atoms with Crippen LogP contribution in [0.25, 0.3) is 5.41 Å². The Morgan fingerprint density at radius 1 is 1.19 bits per heavy atom. The highest BCUT2D eigenvalue weighted by atomic mass is 19.3. The number of ether oxygens (including phenoxy) is 1. The maximum Gasteiger partial charge on any atom is 0.267 e. The first-order chi connectivity index (χ1) is 17.4. The number of urea groups is 1. The summed E-state index contributed by atoms with van der Waals surface area (Å²) < 4.78 is 47.2. The molecule has 3 N–H and O–H groups in total. The van der Waals surface area contributed by atoms with Gasteiger partial charge in [-0.1, -0.05) is 32.7 Å². The Bertz CT molecular complexity index is 982. The standard InChI is InChI=1S/C26H37F3N5O3/c1-16(2)23(31)32-25(36)33-10-6-18(7-11-33)17(3)8-13-37-19-4-5-20(21(27)14-19)22(30)24(35)34-12-9-26(28,29)15-34/h4-5,14,16-18,22H,6-13,15,30H2,1-3H3,(H-,31,32,36)/q-1/t17-,22+/m1/s1. The van der Waals surface area contributed by atoms with Crippen molar-refractivity contribution in [3.8, 4) is 5.75 Å². The van der Waals surface area contributed by atoms with Crippen LogP contribution < -0.4 is 15.8 Å². The lowest BCUT2D eigenvalue weighted by Crippen LogP contribution is -2.47. The van der Waals surface area contributed by atoms with E-state index in [1.54, 1.807) is 18.7 Å². The van der Waals surface area contributed by atoms with Crippen molar-refractivity contribution in [3.63, 3.8) is 0 Å². The van der Waals surface area contributed by atoms with Crippen LogP contribution in [0.15, 0.2) is 18.2 Å². The van der Waals surface area contributed by atoms with Crippen LogP contribution in [0.1, 0.15) is 58.1 Å². The third-order valence-electron chi connectivity index (χ3n) is 7.31. The van der Waals surface area contributed by atoms with Gasteiger partial charge in [-0.15, -0.1) is 0 Å². The summed E-state index contributed by atoms with van der Waals surface area (Å²) in [4.78, 5) is 27.4. The highest BCUT2D eigenvalue weighted by molar-refractivity contribution is 6.00. The van der Waals surface area contributed by atoms with E-state index in [0.29, 0.717) is 37.3 Å². The Hall–Kier alpha value is -2.82. The normalized spacial score (nSPS) is 19.6. The second-order valence-electron chi connectivity index (χ2n) is 10.4. The van der Waals surface area contributed by atoms with E-state index in [0.717, 1.165) is 30.2 Å². The van der Waals surface area contributed by atoms with Gasteiger partial charge in [-0.05, 0) is 43.1 Å². The van der Waals surface area contributed by atoms with Crippen LogP contribution in [-0.2, 0) is 4.79 Å². The molecule has 206 valence electrons. The SMILES string of the molecule is CC(C)C(=[N-])NC(=O)N1CCC([C@H](C)CCOc2ccc([C@H](N)C(=O)N3CCC(F)(F)C3)c(F)c2)CC1. The molecule has 2 aliphatic rings. The summed E-state index contributed by atoms with van der Waals surface area (Å²) in [6.45, 7) is 6.49. The van der Waals surface area contributed by atoms with E-state index in [1.807, 2.05) is 0 Å². The Balaban J connectivity index is 1.43. The predicted molar refractivity (Wildman–Crippen MR) is 135 cm³/mol. The Morgan fingerprint density at radius 2 is 1.86 bits per heavy atom. The van der Waals surface area contributed by atoms with Crippen molar-refractivity contribution in [2.24, 2.45) is 23.5 Å². The molecule has 2 saturated heterocycles. The summed E-state index contributed by atoms with van der Waals surface area (Å²) in [6.07, 6.45) is 2.00. The molecule has 3 amide bonds. The van der Waals surface area contributed by atoms with Gasteiger partial charge in [0, 0.05) is 37.7 Å². The highest BCUT2D eigenvalue weighted by Gasteiger charge is 2.41. The number of piperidine rings is 1. The zero-order chi connectivity index (χ0) is 27.3. The number of hydrogen-bond acceptors (Lipinski definition) is 4. The average Bonchev–Trinajstić information content (AvgIpc) is 3.22. The van der Waals surface area contributed by atoms with Crippen LogP contribution in [-0.4, -0.2) is 66.3 Å². The molecule has 2 aliphatic heterocycles. The number of hydrogen-bond donors (Lipinski definition) is 2. The molecule has 0 bridgehead atoms. The molecule has 0 aromatic heterocycles. The summed E-state index contributed by atoms with van der Waals surface area (Å²) in [5.41, 5.74) is 5.83. The maximum absolute atomic E-state index is 14.7. The van der Waals surface area contributed by atoms with Crippen LogP contribution in [0.3, 0.4) is 0 Å². The minimum absolute atomic E-state index is 0.0352. The number of amidine groups is 1. The second kappa shape index (κ2) is 12.1. The fourth-order valence-corrected chi connectivity index (χ4v) is 4.71. The van der Waals surface area contributed by atoms with E-state index in [4.69, 9.17) is 10.5 Å². The number of nitrogens with two attached hydrogens (primary N) is 1. The van der Waals surface area contributed by atoms with E-state index in [-0.39, 0.29) is 29.9 Å². The second-order valence-corrected chi connectivity index (χ2v) is 10.4. The van der Waals surface area contributed by atoms with Crippen LogP contribution in [0.5, 0.6) is 5.75 Å². The largest absolute Gasteiger partial charge is 0.493 e. The van der Waals surface area contributed by atoms with Gasteiger partial charge in [0.05, 0.1) is 13.2 Å². The molecular formula is C26H37F3N5O3-. The number of carbonyl (C=O) groups excluding carboxylic acids is 2. The minimum atomic E-state index is -2.94. The van der Waals surface area contributed by atoms with Crippen molar-refractivity contribution in [1.29, 1.82) is 0 Å². The van der Waals surface area contributed by atoms with Crippen LogP contribution in [0.4, 0.5) is 18.0 Å². The zero-order valence-electron chi connectivity index (χ0n) is 21.7. The van der Waals surface area contributed by atoms with Gasteiger partial charge in [-0.2, -0.15) is 0 Å². The quantitative estimate of drug-likeness (QED) is 0.393. The van der Waals surface area contributed by atoms with Crippen molar-refractivity contribution in [3.05, 3.63) is 35.0 Å². The summed E-state index contributed by atoms with van der Waals surface area (Å²) in [6, 6.07) is 2.40. The van der Waals surface area contributed by atoms with Crippen LogP contribution in [0.2, 0.25) is 0 Å². The number of rotatable bonds is 8. The van der Waals surface area contributed by atoms with Crippen molar-refractivity contribution in [2.75, 3.05) is 32.8 Å². The van der Waals surface area contributed by atoms with Gasteiger partial charge in [-0.3, -0.25) is 9.59 Å². The molecule has 2 fully saturated rings. The van der Waals surface area contributed by atoms with Crippen molar-refractivity contribution in [1.82, 2.24) is 15.1 Å². The van der Waals surface area contributed by atoms with Gasteiger partial charge in [-0.25, -0.2) is 13.2 Å². The predicted octanol–water partition coefficient (Wildman–Crippen LogP) is 4.14. The number of halogens is 3. The van der Waals surface area contributed by atoms with E-state index < -0.39 is 36.7 Å². The molecule has 0 saturated carbocycles. The number of alkyl halides is 2. The Kier molecular flexibility index (Phi) is 9.44. The highest BCUT2D eigenvalue weighted by Crippen LogP contribution is 2.30. The van der Waals surface area contributed by atoms with E-state index in [9.17, 15) is 28.2 Å². The molecule has 8 nitrogen and oxygen atoms in total. The first kappa shape index (κ1) is 28.7. The third-order valence-corrected chi connectivity index (χ3v) is 7.31. The molecule has 37 heavy (non-hydrogen) atoms. The smallest absolute Gasteiger partial charge is 0.267 e. The van der Waals surface area contributed by atoms with Gasteiger partial charge in [0.2, 0.25) is 11.9 Å². The van der Waals surface area contributed by atoms with Crippen molar-refractivity contribution in [2.45, 2.75) is 58.4 Å². The van der Waals surface area contributed by atoms with Crippen molar-refractivity contribution >= 4 is 17.8 Å². The molecule has 3 rings (SSSR count). The number of amides is 3. The summed E-state index contributed by atoms with van der Waals surface area (Å²) in [7, 11) is 0. The first-order valence-electron chi connectivity index (χ1n) is 12.8. The van der Waals surface area contributed by atoms with Gasteiger partial charge in [0.25, 0.3) is 5.92 Å². The molecule has 0 spiro atoms. The summed E-state index contributed by atoms with van der Waals surface area (Å²) >= 11 is 0. The number of nitrogens with zero attached hydrogens (tertiary/aromatic N) is 3. The number of nitrogens with one attached hydrogen (secondary N) is 1. The number of benzene rings is 1. The lowest BCUT2D eigenvalue weighted by Gasteiger charge is -2.37. The number of carbonyl (C=O) groups is 2. The third kappa shape index (κ3) is 7.59. The lowest BCUT2D eigenvalue weighted by atomic mass is 9.84. The Morgan fingerprint density at radius 3 is 2.43 bits per heavy atom. The van der Waals surface area contributed by atoms with Crippen LogP contribution >= 0.6 is 0 Å². The van der Waals surface area contributed by atoms with Gasteiger partial charge < -0.3 is 31.0 Å². The van der Waals surface area contributed by atoms with E-state index in [1.165, 1.54) is 12.1 Å². The minimum Gasteiger partial charge on any atom is -0.493 e. The summed E-state index contributed by atoms with van der Waals surface area (Å²) in [5, 5.41) is 12.3. The monoisotopic (exact) mass is 524 g/mol. The lowest BCUT2D eigenvalue weighted by molar-refractivity contribution is -0.133. The van der Waals surface area contributed by atoms with Crippen LogP contribution in [0, 0.1) is 23.6 Å². The Labute approximate surface area is 216 Å². The van der Waals surface area contributed by atoms with Gasteiger partial charge in [0.15, 0.2) is 0 Å². The molecule has 1 aromatic rings. The molecule has 0 unspecified atom stereocenters. The molecular weight excluding hydrogens is 487 g/mol. The van der Waals surface area contributed by atoms with Gasteiger partial charge >= 0.3 is 0 Å². The topological polar surface area (TPSA) is 110 Å².